The third kappa shape index (κ3) is 3.26. The molecule has 1 fully saturated rings. The van der Waals surface area contributed by atoms with Gasteiger partial charge in [-0.05, 0) is 42.7 Å². The highest BCUT2D eigenvalue weighted by Gasteiger charge is 2.30. The molecule has 142 valence electrons. The number of rotatable bonds is 4. The van der Waals surface area contributed by atoms with Crippen LogP contribution in [0.2, 0.25) is 0 Å². The minimum Gasteiger partial charge on any atom is -0.334 e. The van der Waals surface area contributed by atoms with E-state index in [1.807, 2.05) is 56.3 Å². The van der Waals surface area contributed by atoms with Crippen LogP contribution < -0.4 is 11.2 Å². The van der Waals surface area contributed by atoms with Crippen LogP contribution in [0.1, 0.15) is 27.2 Å². The number of benzene rings is 2. The molecule has 7 heteroatoms. The lowest BCUT2D eigenvalue weighted by Gasteiger charge is -2.13. The van der Waals surface area contributed by atoms with Crippen molar-refractivity contribution in [3.63, 3.8) is 0 Å². The summed E-state index contributed by atoms with van der Waals surface area (Å²) < 4.78 is 2.22. The Kier molecular flexibility index (Phi) is 4.43. The number of amides is 1. The van der Waals surface area contributed by atoms with Gasteiger partial charge in [-0.25, -0.2) is 4.79 Å². The molecule has 0 radical (unpaired) electrons. The molecule has 4 rings (SSSR count). The molecule has 2 aromatic carbocycles. The second kappa shape index (κ2) is 6.92. The highest BCUT2D eigenvalue weighted by atomic mass is 16.2. The van der Waals surface area contributed by atoms with Crippen LogP contribution in [0.5, 0.6) is 0 Å². The van der Waals surface area contributed by atoms with Crippen LogP contribution in [0.3, 0.4) is 0 Å². The van der Waals surface area contributed by atoms with Gasteiger partial charge >= 0.3 is 5.69 Å². The van der Waals surface area contributed by atoms with Crippen LogP contribution in [-0.4, -0.2) is 38.2 Å². The lowest BCUT2D eigenvalue weighted by atomic mass is 10.1. The van der Waals surface area contributed by atoms with E-state index >= 15 is 0 Å². The van der Waals surface area contributed by atoms with Crippen molar-refractivity contribution in [1.29, 1.82) is 0 Å². The van der Waals surface area contributed by atoms with Crippen molar-refractivity contribution >= 4 is 5.91 Å². The Balaban J connectivity index is 1.92. The fraction of sp³-hybridized carbons (Fsp3) is 0.238. The Labute approximate surface area is 161 Å². The summed E-state index contributed by atoms with van der Waals surface area (Å²) in [6, 6.07) is 14.7. The Morgan fingerprint density at radius 2 is 1.71 bits per heavy atom. The molecule has 0 spiro atoms. The Morgan fingerprint density at radius 3 is 2.36 bits per heavy atom. The fourth-order valence-electron chi connectivity index (χ4n) is 2.98. The molecule has 1 saturated heterocycles. The van der Waals surface area contributed by atoms with Gasteiger partial charge in [-0.2, -0.15) is 9.78 Å². The molecule has 1 aliphatic heterocycles. The van der Waals surface area contributed by atoms with Crippen LogP contribution in [0, 0.1) is 13.8 Å². The van der Waals surface area contributed by atoms with Crippen LogP contribution in [0.15, 0.2) is 58.1 Å². The van der Waals surface area contributed by atoms with E-state index in [1.165, 1.54) is 4.90 Å². The van der Waals surface area contributed by atoms with Crippen molar-refractivity contribution in [3.05, 3.63) is 91.8 Å². The van der Waals surface area contributed by atoms with Gasteiger partial charge in [0.2, 0.25) is 5.69 Å². The largest absolute Gasteiger partial charge is 0.352 e. The lowest BCUT2D eigenvalue weighted by Crippen LogP contribution is -2.45. The molecule has 0 saturated carbocycles. The molecule has 0 N–H and O–H groups in total. The molecule has 0 aliphatic carbocycles. The molecular formula is C21H20N4O3. The van der Waals surface area contributed by atoms with Crippen molar-refractivity contribution in [1.82, 2.24) is 19.2 Å². The quantitative estimate of drug-likeness (QED) is 0.647. The zero-order valence-corrected chi connectivity index (χ0v) is 15.8. The monoisotopic (exact) mass is 376 g/mol. The standard InChI is InChI=1S/C21H20N4O3/c1-14-8-9-17(12-15(14)2)25-21(28)24(13-16-6-4-3-5-7-16)20(27)18(22-25)19(26)23-10-11-23/h3-9,12H,10-11,13H2,1-2H3. The van der Waals surface area contributed by atoms with E-state index in [9.17, 15) is 14.4 Å². The number of hydrogen-bond acceptors (Lipinski definition) is 4. The number of aromatic nitrogens is 3. The van der Waals surface area contributed by atoms with Crippen LogP contribution in [0.4, 0.5) is 0 Å². The molecule has 28 heavy (non-hydrogen) atoms. The van der Waals surface area contributed by atoms with Gasteiger partial charge in [0, 0.05) is 13.1 Å². The molecule has 1 amide bonds. The van der Waals surface area contributed by atoms with E-state index in [4.69, 9.17) is 0 Å². The van der Waals surface area contributed by atoms with E-state index in [0.717, 1.165) is 25.9 Å². The number of aryl methyl sites for hydroxylation is 2. The maximum Gasteiger partial charge on any atom is 0.352 e. The summed E-state index contributed by atoms with van der Waals surface area (Å²) in [6.45, 7) is 5.18. The first-order chi connectivity index (χ1) is 13.5. The van der Waals surface area contributed by atoms with Gasteiger partial charge in [0.05, 0.1) is 12.2 Å². The van der Waals surface area contributed by atoms with Gasteiger partial charge in [0.25, 0.3) is 11.5 Å². The highest BCUT2D eigenvalue weighted by molar-refractivity contribution is 5.93. The van der Waals surface area contributed by atoms with E-state index in [-0.39, 0.29) is 12.2 Å². The lowest BCUT2D eigenvalue weighted by molar-refractivity contribution is 0.0875. The van der Waals surface area contributed by atoms with Crippen molar-refractivity contribution in [2.45, 2.75) is 20.4 Å². The Hall–Kier alpha value is -3.48. The fourth-order valence-corrected chi connectivity index (χ4v) is 2.98. The SMILES string of the molecule is Cc1ccc(-n2nc(C(=O)N3CC3)c(=O)n(Cc3ccccc3)c2=O)cc1C. The molecule has 7 nitrogen and oxygen atoms in total. The second-order valence-corrected chi connectivity index (χ2v) is 6.98. The third-order valence-electron chi connectivity index (χ3n) is 4.92. The smallest absolute Gasteiger partial charge is 0.334 e. The van der Waals surface area contributed by atoms with Crippen LogP contribution in [-0.2, 0) is 6.54 Å². The summed E-state index contributed by atoms with van der Waals surface area (Å²) in [4.78, 5) is 40.1. The molecule has 1 aliphatic rings. The number of carbonyl (C=O) groups excluding carboxylic acids is 1. The molecule has 0 atom stereocenters. The molecule has 0 bridgehead atoms. The summed E-state index contributed by atoms with van der Waals surface area (Å²) >= 11 is 0. The van der Waals surface area contributed by atoms with Gasteiger partial charge in [-0.15, -0.1) is 0 Å². The summed E-state index contributed by atoms with van der Waals surface area (Å²) in [7, 11) is 0. The zero-order chi connectivity index (χ0) is 19.8. The van der Waals surface area contributed by atoms with E-state index in [2.05, 4.69) is 5.10 Å². The van der Waals surface area contributed by atoms with Gasteiger partial charge < -0.3 is 4.90 Å². The normalized spacial score (nSPS) is 12.9. The van der Waals surface area contributed by atoms with Gasteiger partial charge in [-0.3, -0.25) is 14.2 Å². The first-order valence-corrected chi connectivity index (χ1v) is 9.10. The van der Waals surface area contributed by atoms with Gasteiger partial charge in [-0.1, -0.05) is 36.4 Å². The maximum absolute atomic E-state index is 13.1. The van der Waals surface area contributed by atoms with Crippen LogP contribution in [0.25, 0.3) is 5.69 Å². The van der Waals surface area contributed by atoms with Crippen molar-refractivity contribution in [3.8, 4) is 5.69 Å². The predicted octanol–water partition coefficient (Wildman–Crippen LogP) is 1.52. The predicted molar refractivity (Wildman–Crippen MR) is 105 cm³/mol. The molecular weight excluding hydrogens is 356 g/mol. The summed E-state index contributed by atoms with van der Waals surface area (Å²) in [6.07, 6.45) is 0. The number of carbonyl (C=O) groups is 1. The van der Waals surface area contributed by atoms with Crippen molar-refractivity contribution in [2.75, 3.05) is 13.1 Å². The second-order valence-electron chi connectivity index (χ2n) is 6.98. The Bertz CT molecular complexity index is 1170. The third-order valence-corrected chi connectivity index (χ3v) is 4.92. The molecule has 0 unspecified atom stereocenters. The molecule has 3 aromatic rings. The molecule has 2 heterocycles. The van der Waals surface area contributed by atoms with Crippen LogP contribution >= 0.6 is 0 Å². The van der Waals surface area contributed by atoms with Gasteiger partial charge in [0.1, 0.15) is 0 Å². The topological polar surface area (TPSA) is 77.0 Å². The number of hydrogen-bond donors (Lipinski definition) is 0. The van der Waals surface area contributed by atoms with E-state index in [0.29, 0.717) is 18.8 Å². The summed E-state index contributed by atoms with van der Waals surface area (Å²) in [5, 5.41) is 4.16. The first-order valence-electron chi connectivity index (χ1n) is 9.10. The number of nitrogens with zero attached hydrogens (tertiary/aromatic N) is 4. The average Bonchev–Trinajstić information content (AvgIpc) is 3.53. The molecule has 1 aromatic heterocycles. The minimum absolute atomic E-state index is 0.0755. The van der Waals surface area contributed by atoms with E-state index in [1.54, 1.807) is 6.07 Å². The Morgan fingerprint density at radius 1 is 1.00 bits per heavy atom. The van der Waals surface area contributed by atoms with Gasteiger partial charge in [0.15, 0.2) is 0 Å². The zero-order valence-electron chi connectivity index (χ0n) is 15.8. The summed E-state index contributed by atoms with van der Waals surface area (Å²) in [5.41, 5.74) is 1.93. The van der Waals surface area contributed by atoms with E-state index < -0.39 is 17.2 Å². The van der Waals surface area contributed by atoms with Crippen molar-refractivity contribution < 1.29 is 4.79 Å². The average molecular weight is 376 g/mol. The maximum atomic E-state index is 13.1. The first kappa shape index (κ1) is 17.9. The highest BCUT2D eigenvalue weighted by Crippen LogP contribution is 2.13. The minimum atomic E-state index is -0.661. The summed E-state index contributed by atoms with van der Waals surface area (Å²) in [5.74, 6) is -0.440. The van der Waals surface area contributed by atoms with Crippen molar-refractivity contribution in [2.24, 2.45) is 0 Å².